The molecule has 0 amide bonds. The zero-order chi connectivity index (χ0) is 22.0. The third-order valence-electron chi connectivity index (χ3n) is 4.87. The van der Waals surface area contributed by atoms with Crippen LogP contribution in [0.1, 0.15) is 29.6 Å². The Morgan fingerprint density at radius 1 is 1.03 bits per heavy atom. The molecule has 0 aliphatic carbocycles. The minimum atomic E-state index is -3.89. The standard InChI is InChI=1S/C21H17Cl3N4O2S/c22-14-5-3-13(4-6-14)19-11-20(27-26-19)21(17-8-7-15(23)10-18(17)24)28-31(29,30)16-2-1-9-25-12-16/h1-10,12,19,21,26,28H,11H2. The summed E-state index contributed by atoms with van der Waals surface area (Å²) in [6, 6.07) is 14.5. The molecule has 2 unspecified atom stereocenters. The number of nitrogens with one attached hydrogen (secondary N) is 2. The second-order valence-corrected chi connectivity index (χ2v) is 9.94. The predicted octanol–water partition coefficient (Wildman–Crippen LogP) is 5.15. The van der Waals surface area contributed by atoms with Crippen molar-refractivity contribution in [1.29, 1.82) is 0 Å². The van der Waals surface area contributed by atoms with Crippen LogP contribution >= 0.6 is 34.8 Å². The van der Waals surface area contributed by atoms with Crippen LogP contribution in [0, 0.1) is 0 Å². The van der Waals surface area contributed by atoms with Crippen LogP contribution in [0.2, 0.25) is 15.1 Å². The monoisotopic (exact) mass is 494 g/mol. The average molecular weight is 496 g/mol. The van der Waals surface area contributed by atoms with Gasteiger partial charge < -0.3 is 5.43 Å². The number of rotatable bonds is 6. The highest BCUT2D eigenvalue weighted by Crippen LogP contribution is 2.33. The lowest BCUT2D eigenvalue weighted by Crippen LogP contribution is -2.33. The SMILES string of the molecule is O=S(=O)(NC(C1=NNC(c2ccc(Cl)cc2)C1)c1ccc(Cl)cc1Cl)c1cccnc1. The van der Waals surface area contributed by atoms with E-state index in [1.807, 2.05) is 12.1 Å². The maximum absolute atomic E-state index is 13.0. The molecule has 0 saturated heterocycles. The van der Waals surface area contributed by atoms with Crippen LogP contribution in [0.4, 0.5) is 0 Å². The summed E-state index contributed by atoms with van der Waals surface area (Å²) in [6.07, 6.45) is 3.27. The summed E-state index contributed by atoms with van der Waals surface area (Å²) in [7, 11) is -3.89. The van der Waals surface area contributed by atoms with Gasteiger partial charge in [-0.15, -0.1) is 0 Å². The van der Waals surface area contributed by atoms with E-state index < -0.39 is 16.1 Å². The van der Waals surface area contributed by atoms with Crippen LogP contribution in [-0.4, -0.2) is 19.1 Å². The Balaban J connectivity index is 1.67. The first-order valence-electron chi connectivity index (χ1n) is 9.28. The van der Waals surface area contributed by atoms with Crippen LogP contribution in [0.3, 0.4) is 0 Å². The predicted molar refractivity (Wildman–Crippen MR) is 123 cm³/mol. The van der Waals surface area contributed by atoms with Gasteiger partial charge in [-0.25, -0.2) is 8.42 Å². The number of halogens is 3. The number of sulfonamides is 1. The lowest BCUT2D eigenvalue weighted by atomic mass is 9.96. The Bertz CT molecular complexity index is 1220. The van der Waals surface area contributed by atoms with E-state index in [9.17, 15) is 8.42 Å². The molecule has 2 atom stereocenters. The van der Waals surface area contributed by atoms with E-state index in [-0.39, 0.29) is 10.9 Å². The average Bonchev–Trinajstić information content (AvgIpc) is 3.24. The first-order valence-corrected chi connectivity index (χ1v) is 11.9. The van der Waals surface area contributed by atoms with E-state index in [4.69, 9.17) is 34.8 Å². The molecule has 0 radical (unpaired) electrons. The van der Waals surface area contributed by atoms with Crippen LogP contribution in [0.15, 0.2) is 77.0 Å². The fraction of sp³-hybridized carbons (Fsp3) is 0.143. The molecule has 1 aromatic heterocycles. The summed E-state index contributed by atoms with van der Waals surface area (Å²) in [5.41, 5.74) is 5.21. The van der Waals surface area contributed by atoms with E-state index in [0.29, 0.717) is 32.8 Å². The molecule has 1 aliphatic heterocycles. The van der Waals surface area contributed by atoms with Crippen molar-refractivity contribution in [3.8, 4) is 0 Å². The number of aromatic nitrogens is 1. The van der Waals surface area contributed by atoms with Crippen molar-refractivity contribution >= 4 is 50.5 Å². The summed E-state index contributed by atoms with van der Waals surface area (Å²) < 4.78 is 28.8. The second kappa shape index (κ2) is 9.14. The summed E-state index contributed by atoms with van der Waals surface area (Å²) in [4.78, 5) is 3.95. The van der Waals surface area contributed by atoms with Gasteiger partial charge in [-0.2, -0.15) is 9.82 Å². The number of hydrazone groups is 1. The molecular formula is C21H17Cl3N4O2S. The minimum absolute atomic E-state index is 0.0471. The molecule has 0 fully saturated rings. The third kappa shape index (κ3) is 5.02. The molecule has 160 valence electrons. The van der Waals surface area contributed by atoms with Crippen LogP contribution in [0.25, 0.3) is 0 Å². The Morgan fingerprint density at radius 2 is 1.77 bits per heavy atom. The van der Waals surface area contributed by atoms with Gasteiger partial charge in [0.25, 0.3) is 0 Å². The molecule has 31 heavy (non-hydrogen) atoms. The van der Waals surface area contributed by atoms with E-state index in [2.05, 4.69) is 20.2 Å². The molecule has 10 heteroatoms. The van der Waals surface area contributed by atoms with E-state index in [0.717, 1.165) is 5.56 Å². The topological polar surface area (TPSA) is 83.5 Å². The third-order valence-corrected chi connectivity index (χ3v) is 7.10. The van der Waals surface area contributed by atoms with Crippen molar-refractivity contribution in [3.63, 3.8) is 0 Å². The quantitative estimate of drug-likeness (QED) is 0.495. The maximum atomic E-state index is 13.0. The zero-order valence-corrected chi connectivity index (χ0v) is 19.1. The van der Waals surface area contributed by atoms with Gasteiger partial charge in [-0.3, -0.25) is 4.98 Å². The number of pyridine rings is 1. The molecule has 0 saturated carbocycles. The molecule has 2 N–H and O–H groups in total. The summed E-state index contributed by atoms with van der Waals surface area (Å²) in [6.45, 7) is 0. The summed E-state index contributed by atoms with van der Waals surface area (Å²) in [5.74, 6) is 0. The summed E-state index contributed by atoms with van der Waals surface area (Å²) >= 11 is 18.5. The van der Waals surface area contributed by atoms with Crippen LogP contribution in [-0.2, 0) is 10.0 Å². The molecule has 3 aromatic rings. The van der Waals surface area contributed by atoms with Crippen molar-refractivity contribution in [3.05, 3.63) is 93.2 Å². The van der Waals surface area contributed by atoms with Crippen molar-refractivity contribution in [1.82, 2.24) is 15.1 Å². The Kier molecular flexibility index (Phi) is 6.50. The molecule has 1 aliphatic rings. The highest BCUT2D eigenvalue weighted by atomic mass is 35.5. The Morgan fingerprint density at radius 3 is 2.45 bits per heavy atom. The van der Waals surface area contributed by atoms with Crippen molar-refractivity contribution in [2.24, 2.45) is 5.10 Å². The van der Waals surface area contributed by atoms with Gasteiger partial charge in [0.1, 0.15) is 4.90 Å². The van der Waals surface area contributed by atoms with Gasteiger partial charge in [-0.1, -0.05) is 53.0 Å². The summed E-state index contributed by atoms with van der Waals surface area (Å²) in [5, 5.41) is 5.86. The first-order chi connectivity index (χ1) is 14.8. The van der Waals surface area contributed by atoms with Gasteiger partial charge in [0.2, 0.25) is 10.0 Å². The smallest absolute Gasteiger partial charge is 0.243 e. The normalized spacial score (nSPS) is 17.1. The fourth-order valence-corrected chi connectivity index (χ4v) is 5.12. The number of benzene rings is 2. The molecule has 0 spiro atoms. The van der Waals surface area contributed by atoms with Crippen LogP contribution in [0.5, 0.6) is 0 Å². The first kappa shape index (κ1) is 22.0. The van der Waals surface area contributed by atoms with E-state index in [1.165, 1.54) is 18.5 Å². The van der Waals surface area contributed by atoms with Crippen LogP contribution < -0.4 is 10.1 Å². The second-order valence-electron chi connectivity index (χ2n) is 6.95. The van der Waals surface area contributed by atoms with Gasteiger partial charge in [0.05, 0.1) is 17.8 Å². The minimum Gasteiger partial charge on any atom is -0.302 e. The number of hydrogen-bond acceptors (Lipinski definition) is 5. The molecule has 2 aromatic carbocycles. The van der Waals surface area contributed by atoms with Crippen molar-refractivity contribution in [2.75, 3.05) is 0 Å². The van der Waals surface area contributed by atoms with Gasteiger partial charge in [0, 0.05) is 33.9 Å². The van der Waals surface area contributed by atoms with Crippen molar-refractivity contribution in [2.45, 2.75) is 23.4 Å². The lowest BCUT2D eigenvalue weighted by molar-refractivity contribution is 0.576. The number of hydrogen-bond donors (Lipinski definition) is 2. The molecule has 2 heterocycles. The van der Waals surface area contributed by atoms with Gasteiger partial charge in [-0.05, 0) is 47.5 Å². The Labute approximate surface area is 195 Å². The fourth-order valence-electron chi connectivity index (χ4n) is 3.31. The number of nitrogens with zero attached hydrogens (tertiary/aromatic N) is 2. The maximum Gasteiger partial charge on any atom is 0.243 e. The largest absolute Gasteiger partial charge is 0.302 e. The van der Waals surface area contributed by atoms with Gasteiger partial charge >= 0.3 is 0 Å². The zero-order valence-electron chi connectivity index (χ0n) is 16.0. The van der Waals surface area contributed by atoms with E-state index >= 15 is 0 Å². The molecule has 4 rings (SSSR count). The molecule has 0 bridgehead atoms. The van der Waals surface area contributed by atoms with E-state index in [1.54, 1.807) is 36.4 Å². The van der Waals surface area contributed by atoms with Gasteiger partial charge in [0.15, 0.2) is 0 Å². The lowest BCUT2D eigenvalue weighted by Gasteiger charge is -2.21. The Hall–Kier alpha value is -2.16. The van der Waals surface area contributed by atoms with Crippen molar-refractivity contribution < 1.29 is 8.42 Å². The highest BCUT2D eigenvalue weighted by Gasteiger charge is 2.32. The molecular weight excluding hydrogens is 479 g/mol. The molecule has 6 nitrogen and oxygen atoms in total. The highest BCUT2D eigenvalue weighted by molar-refractivity contribution is 7.89.